The smallest absolute Gasteiger partial charge is 0.0717 e. The molecule has 1 rings (SSSR count). The first-order valence-electron chi connectivity index (χ1n) is 5.75. The highest BCUT2D eigenvalue weighted by Gasteiger charge is 2.13. The summed E-state index contributed by atoms with van der Waals surface area (Å²) in [6.45, 7) is 10.2. The Kier molecular flexibility index (Phi) is 4.48. The number of nitrogens with zero attached hydrogens (tertiary/aromatic N) is 1. The molecule has 0 aliphatic carbocycles. The van der Waals surface area contributed by atoms with Gasteiger partial charge in [-0.2, -0.15) is 0 Å². The van der Waals surface area contributed by atoms with E-state index in [1.165, 1.54) is 5.56 Å². The van der Waals surface area contributed by atoms with Crippen LogP contribution in [0.3, 0.4) is 0 Å². The van der Waals surface area contributed by atoms with E-state index in [0.29, 0.717) is 0 Å². The molecule has 0 N–H and O–H groups in total. The van der Waals surface area contributed by atoms with E-state index in [4.69, 9.17) is 0 Å². The molecule has 0 saturated carbocycles. The zero-order chi connectivity index (χ0) is 12.0. The van der Waals surface area contributed by atoms with Crippen LogP contribution in [0.15, 0.2) is 48.0 Å². The molecule has 0 aliphatic heterocycles. The van der Waals surface area contributed by atoms with Gasteiger partial charge in [-0.3, -0.25) is 4.99 Å². The number of hydrogen-bond acceptors (Lipinski definition) is 1. The Morgan fingerprint density at radius 2 is 1.94 bits per heavy atom. The van der Waals surface area contributed by atoms with E-state index in [1.54, 1.807) is 0 Å². The van der Waals surface area contributed by atoms with Crippen molar-refractivity contribution in [3.8, 4) is 0 Å². The summed E-state index contributed by atoms with van der Waals surface area (Å²) < 4.78 is 0. The minimum Gasteiger partial charge on any atom is -0.289 e. The van der Waals surface area contributed by atoms with Crippen molar-refractivity contribution in [1.82, 2.24) is 0 Å². The van der Waals surface area contributed by atoms with Crippen molar-refractivity contribution in [2.45, 2.75) is 33.2 Å². The van der Waals surface area contributed by atoms with Crippen LogP contribution in [0.25, 0.3) is 0 Å². The van der Waals surface area contributed by atoms with E-state index >= 15 is 0 Å². The van der Waals surface area contributed by atoms with Gasteiger partial charge in [0.2, 0.25) is 0 Å². The van der Waals surface area contributed by atoms with Crippen molar-refractivity contribution < 1.29 is 0 Å². The first kappa shape index (κ1) is 12.7. The number of rotatable bonds is 5. The summed E-state index contributed by atoms with van der Waals surface area (Å²) in [5, 5.41) is 0. The molecule has 16 heavy (non-hydrogen) atoms. The van der Waals surface area contributed by atoms with E-state index in [1.807, 2.05) is 18.4 Å². The lowest BCUT2D eigenvalue weighted by molar-refractivity contribution is 0.541. The highest BCUT2D eigenvalue weighted by Crippen LogP contribution is 2.21. The molecule has 1 nitrogen and oxygen atoms in total. The molecule has 0 heterocycles. The van der Waals surface area contributed by atoms with Crippen LogP contribution in [0.2, 0.25) is 0 Å². The van der Waals surface area contributed by atoms with Gasteiger partial charge in [-0.05, 0) is 18.9 Å². The first-order valence-corrected chi connectivity index (χ1v) is 5.75. The molecule has 1 aromatic rings. The lowest BCUT2D eigenvalue weighted by Crippen LogP contribution is -2.12. The van der Waals surface area contributed by atoms with Crippen LogP contribution in [0.4, 0.5) is 0 Å². The highest BCUT2D eigenvalue weighted by atomic mass is 14.8. The Hall–Kier alpha value is -1.37. The predicted molar refractivity (Wildman–Crippen MR) is 71.9 cm³/mol. The van der Waals surface area contributed by atoms with Gasteiger partial charge < -0.3 is 0 Å². The molecule has 86 valence electrons. The summed E-state index contributed by atoms with van der Waals surface area (Å²) >= 11 is 0. The van der Waals surface area contributed by atoms with Crippen molar-refractivity contribution >= 4 is 6.21 Å². The number of allylic oxidation sites excluding steroid dienone is 1. The zero-order valence-corrected chi connectivity index (χ0v) is 10.5. The molecule has 0 fully saturated rings. The van der Waals surface area contributed by atoms with Gasteiger partial charge >= 0.3 is 0 Å². The maximum absolute atomic E-state index is 4.61. The van der Waals surface area contributed by atoms with Gasteiger partial charge in [0.1, 0.15) is 0 Å². The minimum absolute atomic E-state index is 0.102. The number of benzene rings is 1. The molecular weight excluding hydrogens is 194 g/mol. The van der Waals surface area contributed by atoms with Crippen LogP contribution >= 0.6 is 0 Å². The Labute approximate surface area is 98.9 Å². The number of hydrogen-bond donors (Lipinski definition) is 0. The second kappa shape index (κ2) is 5.64. The lowest BCUT2D eigenvalue weighted by atomic mass is 9.91. The molecule has 0 aromatic heterocycles. The Balaban J connectivity index is 2.67. The third-order valence-corrected chi connectivity index (χ3v) is 2.60. The van der Waals surface area contributed by atoms with Crippen molar-refractivity contribution in [3.05, 3.63) is 48.6 Å². The molecule has 0 aliphatic rings. The van der Waals surface area contributed by atoms with Crippen molar-refractivity contribution in [1.29, 1.82) is 0 Å². The van der Waals surface area contributed by atoms with Gasteiger partial charge in [-0.15, -0.1) is 6.58 Å². The zero-order valence-electron chi connectivity index (χ0n) is 10.5. The molecule has 0 saturated heterocycles. The molecule has 0 amide bonds. The van der Waals surface area contributed by atoms with Crippen LogP contribution in [0, 0.1) is 5.41 Å². The van der Waals surface area contributed by atoms with Gasteiger partial charge in [0.25, 0.3) is 0 Å². The quantitative estimate of drug-likeness (QED) is 0.509. The van der Waals surface area contributed by atoms with Crippen molar-refractivity contribution in [3.63, 3.8) is 0 Å². The van der Waals surface area contributed by atoms with Crippen molar-refractivity contribution in [2.75, 3.05) is 0 Å². The second-order valence-electron chi connectivity index (χ2n) is 4.85. The molecule has 1 atom stereocenters. The molecular formula is C15H21N. The predicted octanol–water partition coefficient (Wildman–Crippen LogP) is 4.42. The fourth-order valence-electron chi connectivity index (χ4n) is 1.56. The molecule has 0 spiro atoms. The minimum atomic E-state index is 0.102. The Morgan fingerprint density at radius 1 is 1.31 bits per heavy atom. The van der Waals surface area contributed by atoms with E-state index < -0.39 is 0 Å². The normalized spacial score (nSPS) is 13.9. The molecule has 0 unspecified atom stereocenters. The summed E-state index contributed by atoms with van der Waals surface area (Å²) in [6.07, 6.45) is 4.95. The third-order valence-electron chi connectivity index (χ3n) is 2.60. The van der Waals surface area contributed by atoms with Gasteiger partial charge in [0.05, 0.1) is 6.04 Å². The molecule has 1 aromatic carbocycles. The SMILES string of the molecule is C=CCC(C)(C)C=N[C@H](C)c1ccccc1. The standard InChI is InChI=1S/C15H21N/c1-5-11-15(3,4)12-16-13(2)14-9-7-6-8-10-14/h5-10,12-13H,1,11H2,2-4H3/t13-/m1/s1. The average molecular weight is 215 g/mol. The third kappa shape index (κ3) is 4.01. The van der Waals surface area contributed by atoms with Crippen LogP contribution in [0.5, 0.6) is 0 Å². The largest absolute Gasteiger partial charge is 0.289 e. The van der Waals surface area contributed by atoms with Crippen LogP contribution < -0.4 is 0 Å². The van der Waals surface area contributed by atoms with E-state index in [2.05, 4.69) is 56.6 Å². The van der Waals surface area contributed by atoms with Gasteiger partial charge in [0.15, 0.2) is 0 Å². The lowest BCUT2D eigenvalue weighted by Gasteiger charge is -2.17. The Bertz CT molecular complexity index is 349. The summed E-state index contributed by atoms with van der Waals surface area (Å²) in [4.78, 5) is 4.61. The summed E-state index contributed by atoms with van der Waals surface area (Å²) in [5.41, 5.74) is 1.36. The summed E-state index contributed by atoms with van der Waals surface area (Å²) in [5.74, 6) is 0. The van der Waals surface area contributed by atoms with Crippen LogP contribution in [-0.4, -0.2) is 6.21 Å². The number of aliphatic imine (C=N–C) groups is 1. The molecule has 0 bridgehead atoms. The average Bonchev–Trinajstić information content (AvgIpc) is 2.27. The van der Waals surface area contributed by atoms with E-state index in [9.17, 15) is 0 Å². The highest BCUT2D eigenvalue weighted by molar-refractivity contribution is 5.65. The van der Waals surface area contributed by atoms with E-state index in [-0.39, 0.29) is 11.5 Å². The maximum atomic E-state index is 4.61. The first-order chi connectivity index (χ1) is 7.55. The molecule has 1 heteroatoms. The van der Waals surface area contributed by atoms with Gasteiger partial charge in [-0.1, -0.05) is 50.3 Å². The molecule has 0 radical (unpaired) electrons. The summed E-state index contributed by atoms with van der Waals surface area (Å²) in [7, 11) is 0. The van der Waals surface area contributed by atoms with E-state index in [0.717, 1.165) is 6.42 Å². The van der Waals surface area contributed by atoms with Crippen LogP contribution in [-0.2, 0) is 0 Å². The summed E-state index contributed by atoms with van der Waals surface area (Å²) in [6, 6.07) is 10.6. The fourth-order valence-corrected chi connectivity index (χ4v) is 1.56. The Morgan fingerprint density at radius 3 is 2.50 bits per heavy atom. The van der Waals surface area contributed by atoms with Gasteiger partial charge in [-0.25, -0.2) is 0 Å². The maximum Gasteiger partial charge on any atom is 0.0717 e. The monoisotopic (exact) mass is 215 g/mol. The van der Waals surface area contributed by atoms with Crippen LogP contribution in [0.1, 0.15) is 38.8 Å². The van der Waals surface area contributed by atoms with Gasteiger partial charge in [0, 0.05) is 11.6 Å². The topological polar surface area (TPSA) is 12.4 Å². The van der Waals surface area contributed by atoms with Crippen molar-refractivity contribution in [2.24, 2.45) is 10.4 Å². The second-order valence-corrected chi connectivity index (χ2v) is 4.85. The fraction of sp³-hybridized carbons (Fsp3) is 0.400.